The lowest BCUT2D eigenvalue weighted by Gasteiger charge is -2.32. The first-order valence-corrected chi connectivity index (χ1v) is 12.9. The Balaban J connectivity index is 1.50. The third-order valence-electron chi connectivity index (χ3n) is 6.66. The molecule has 1 saturated carbocycles. The van der Waals surface area contributed by atoms with Crippen molar-refractivity contribution < 1.29 is 4.79 Å². The molecule has 2 heterocycles. The van der Waals surface area contributed by atoms with E-state index in [2.05, 4.69) is 38.7 Å². The van der Waals surface area contributed by atoms with Crippen molar-refractivity contribution >= 4 is 28.6 Å². The quantitative estimate of drug-likeness (QED) is 0.350. The smallest absolute Gasteiger partial charge is 0.234 e. The number of nitrogens with one attached hydrogen (secondary N) is 2. The van der Waals surface area contributed by atoms with E-state index >= 15 is 0 Å². The van der Waals surface area contributed by atoms with E-state index in [0.29, 0.717) is 23.8 Å². The minimum atomic E-state index is -0.760. The van der Waals surface area contributed by atoms with Gasteiger partial charge in [0.25, 0.3) is 0 Å². The van der Waals surface area contributed by atoms with Gasteiger partial charge in [-0.2, -0.15) is 5.26 Å². The average Bonchev–Trinajstić information content (AvgIpc) is 3.48. The number of aromatic nitrogens is 4. The van der Waals surface area contributed by atoms with E-state index < -0.39 is 10.8 Å². The summed E-state index contributed by atoms with van der Waals surface area (Å²) < 4.78 is 2.01. The van der Waals surface area contributed by atoms with E-state index in [4.69, 9.17) is 0 Å². The van der Waals surface area contributed by atoms with E-state index in [1.807, 2.05) is 61.0 Å². The van der Waals surface area contributed by atoms with Crippen LogP contribution in [0.25, 0.3) is 28.0 Å². The zero-order valence-electron chi connectivity index (χ0n) is 19.9. The van der Waals surface area contributed by atoms with Crippen LogP contribution in [0.5, 0.6) is 0 Å². The first kappa shape index (κ1) is 23.2. The van der Waals surface area contributed by atoms with E-state index in [0.717, 1.165) is 47.0 Å². The topological polar surface area (TPSA) is 99.4 Å². The Labute approximate surface area is 208 Å². The highest BCUT2D eigenvalue weighted by molar-refractivity contribution is 8.00. The van der Waals surface area contributed by atoms with Gasteiger partial charge in [0.15, 0.2) is 11.0 Å². The fraction of sp³-hybridized carbons (Fsp3) is 0.333. The summed E-state index contributed by atoms with van der Waals surface area (Å²) in [6, 6.07) is 18.6. The molecule has 0 spiro atoms. The molecule has 1 aliphatic rings. The molecule has 2 aromatic carbocycles. The first-order valence-electron chi connectivity index (χ1n) is 12.0. The molecule has 2 N–H and O–H groups in total. The van der Waals surface area contributed by atoms with Gasteiger partial charge in [-0.3, -0.25) is 9.36 Å². The van der Waals surface area contributed by atoms with Gasteiger partial charge in [-0.15, -0.1) is 10.2 Å². The molecule has 0 radical (unpaired) electrons. The van der Waals surface area contributed by atoms with Gasteiger partial charge >= 0.3 is 0 Å². The van der Waals surface area contributed by atoms with Crippen LogP contribution in [0.3, 0.4) is 0 Å². The van der Waals surface area contributed by atoms with Gasteiger partial charge in [-0.05, 0) is 50.5 Å². The predicted molar refractivity (Wildman–Crippen MR) is 138 cm³/mol. The van der Waals surface area contributed by atoms with E-state index in [9.17, 15) is 10.1 Å². The Morgan fingerprint density at radius 1 is 1.17 bits per heavy atom. The van der Waals surface area contributed by atoms with Crippen molar-refractivity contribution in [2.75, 3.05) is 0 Å². The molecule has 4 aromatic rings. The lowest BCUT2D eigenvalue weighted by atomic mass is 9.83. The van der Waals surface area contributed by atoms with Crippen LogP contribution < -0.4 is 5.32 Å². The van der Waals surface area contributed by atoms with Crippen molar-refractivity contribution in [1.29, 1.82) is 5.26 Å². The molecule has 7 nitrogen and oxygen atoms in total. The third-order valence-corrected chi connectivity index (χ3v) is 7.70. The van der Waals surface area contributed by atoms with E-state index in [-0.39, 0.29) is 5.91 Å². The lowest BCUT2D eigenvalue weighted by Crippen LogP contribution is -2.50. The molecule has 1 amide bonds. The summed E-state index contributed by atoms with van der Waals surface area (Å²) in [4.78, 5) is 16.5. The fourth-order valence-electron chi connectivity index (χ4n) is 4.75. The molecule has 35 heavy (non-hydrogen) atoms. The highest BCUT2D eigenvalue weighted by Gasteiger charge is 2.35. The molecule has 8 heteroatoms. The Hall–Kier alpha value is -3.57. The monoisotopic (exact) mass is 484 g/mol. The van der Waals surface area contributed by atoms with Gasteiger partial charge in [-0.1, -0.05) is 61.4 Å². The zero-order valence-corrected chi connectivity index (χ0v) is 20.7. The van der Waals surface area contributed by atoms with Crippen molar-refractivity contribution in [1.82, 2.24) is 25.1 Å². The number of amides is 1. The second kappa shape index (κ2) is 9.59. The number of fused-ring (bicyclic) bond motifs is 1. The van der Waals surface area contributed by atoms with Crippen LogP contribution in [0.1, 0.15) is 44.6 Å². The van der Waals surface area contributed by atoms with Gasteiger partial charge in [0.1, 0.15) is 5.54 Å². The number of hydrogen-bond acceptors (Lipinski definition) is 5. The summed E-state index contributed by atoms with van der Waals surface area (Å²) in [6.45, 7) is 3.90. The number of nitrogens with zero attached hydrogens (tertiary/aromatic N) is 4. The number of carbonyl (C=O) groups excluding carboxylic acids is 1. The number of aryl methyl sites for hydroxylation is 1. The number of benzene rings is 2. The minimum Gasteiger partial charge on any atom is -0.360 e. The van der Waals surface area contributed by atoms with Crippen LogP contribution in [0.15, 0.2) is 59.9 Å². The highest BCUT2D eigenvalue weighted by Crippen LogP contribution is 2.34. The maximum absolute atomic E-state index is 13.1. The normalized spacial score (nSPS) is 16.0. The number of nitriles is 1. The predicted octanol–water partition coefficient (Wildman–Crippen LogP) is 5.55. The summed E-state index contributed by atoms with van der Waals surface area (Å²) >= 11 is 1.36. The van der Waals surface area contributed by atoms with Crippen LogP contribution in [0.4, 0.5) is 0 Å². The van der Waals surface area contributed by atoms with Gasteiger partial charge in [0, 0.05) is 28.4 Å². The molecule has 1 atom stereocenters. The fourth-order valence-corrected chi connectivity index (χ4v) is 5.61. The summed E-state index contributed by atoms with van der Waals surface area (Å²) in [6.07, 6.45) is 6.40. The maximum atomic E-state index is 13.1. The molecular weight excluding hydrogens is 456 g/mol. The van der Waals surface area contributed by atoms with Crippen LogP contribution in [-0.4, -0.2) is 36.4 Å². The number of aromatic amines is 1. The molecule has 0 bridgehead atoms. The summed E-state index contributed by atoms with van der Waals surface area (Å²) in [7, 11) is 0. The van der Waals surface area contributed by atoms with Gasteiger partial charge in [0.05, 0.1) is 11.3 Å². The Morgan fingerprint density at radius 3 is 2.74 bits per heavy atom. The van der Waals surface area contributed by atoms with Crippen molar-refractivity contribution in [3.05, 3.63) is 60.3 Å². The van der Waals surface area contributed by atoms with Crippen LogP contribution in [0, 0.1) is 18.3 Å². The van der Waals surface area contributed by atoms with Crippen LogP contribution >= 0.6 is 11.8 Å². The number of thioether (sulfide) groups is 1. The standard InChI is InChI=1S/C27H28N6OS/c1-18-9-8-10-20(15-18)33-24(22-16-29-23-12-5-4-11-21(22)23)31-32-26(33)35-19(2)25(34)30-27(17-28)13-6-3-7-14-27/h4-5,8-12,15-16,19,29H,3,6-7,13-14H2,1-2H3,(H,30,34). The molecule has 1 fully saturated rings. The molecule has 0 aliphatic heterocycles. The van der Waals surface area contributed by atoms with E-state index in [1.54, 1.807) is 0 Å². The van der Waals surface area contributed by atoms with Crippen molar-refractivity contribution in [3.63, 3.8) is 0 Å². The van der Waals surface area contributed by atoms with E-state index in [1.165, 1.54) is 11.8 Å². The molecule has 5 rings (SSSR count). The van der Waals surface area contributed by atoms with Crippen LogP contribution in [0.2, 0.25) is 0 Å². The van der Waals surface area contributed by atoms with Gasteiger partial charge in [0.2, 0.25) is 5.91 Å². The Morgan fingerprint density at radius 2 is 1.97 bits per heavy atom. The SMILES string of the molecule is Cc1cccc(-n2c(SC(C)C(=O)NC3(C#N)CCCCC3)nnc2-c2c[nH]c3ccccc23)c1. The second-order valence-electron chi connectivity index (χ2n) is 9.23. The van der Waals surface area contributed by atoms with Gasteiger partial charge < -0.3 is 10.3 Å². The average molecular weight is 485 g/mol. The molecule has 1 unspecified atom stereocenters. The lowest BCUT2D eigenvalue weighted by molar-refractivity contribution is -0.121. The second-order valence-corrected chi connectivity index (χ2v) is 10.5. The van der Waals surface area contributed by atoms with Crippen molar-refractivity contribution in [2.24, 2.45) is 0 Å². The number of rotatable bonds is 6. The molecule has 1 aliphatic carbocycles. The first-order chi connectivity index (χ1) is 17.0. The number of H-pyrrole nitrogens is 1. The Kier molecular flexibility index (Phi) is 6.35. The highest BCUT2D eigenvalue weighted by atomic mass is 32.2. The summed E-state index contributed by atoms with van der Waals surface area (Å²) in [5, 5.41) is 23.1. The van der Waals surface area contributed by atoms with Crippen molar-refractivity contribution in [2.45, 2.75) is 61.9 Å². The summed E-state index contributed by atoms with van der Waals surface area (Å²) in [5.74, 6) is 0.565. The van der Waals surface area contributed by atoms with Crippen molar-refractivity contribution in [3.8, 4) is 23.1 Å². The summed E-state index contributed by atoms with van der Waals surface area (Å²) in [5.41, 5.74) is 3.27. The molecule has 2 aromatic heterocycles. The number of hydrogen-bond donors (Lipinski definition) is 2. The maximum Gasteiger partial charge on any atom is 0.234 e. The minimum absolute atomic E-state index is 0.147. The zero-order chi connectivity index (χ0) is 24.4. The molecular formula is C27H28N6OS. The third kappa shape index (κ3) is 4.56. The van der Waals surface area contributed by atoms with Gasteiger partial charge in [-0.25, -0.2) is 0 Å². The molecule has 178 valence electrons. The number of para-hydroxylation sites is 1. The Bertz CT molecular complexity index is 1410. The van der Waals surface area contributed by atoms with Crippen LogP contribution in [-0.2, 0) is 4.79 Å². The number of carbonyl (C=O) groups is 1. The molecule has 0 saturated heterocycles. The largest absolute Gasteiger partial charge is 0.360 e.